The molecule has 0 spiro atoms. The second-order valence-corrected chi connectivity index (χ2v) is 4.10. The van der Waals surface area contributed by atoms with E-state index in [1.165, 1.54) is 6.20 Å². The summed E-state index contributed by atoms with van der Waals surface area (Å²) in [6, 6.07) is 0. The Morgan fingerprint density at radius 1 is 1.56 bits per heavy atom. The van der Waals surface area contributed by atoms with Gasteiger partial charge in [0.05, 0.1) is 18.9 Å². The van der Waals surface area contributed by atoms with Gasteiger partial charge in [0.1, 0.15) is 5.52 Å². The molecule has 0 saturated heterocycles. The molecule has 92 valence electrons. The van der Waals surface area contributed by atoms with Gasteiger partial charge in [-0.2, -0.15) is 0 Å². The van der Waals surface area contributed by atoms with Crippen LogP contribution in [0.5, 0.6) is 5.88 Å². The second kappa shape index (κ2) is 5.32. The number of nitrogens with one attached hydrogen (secondary N) is 1. The molecule has 5 heteroatoms. The smallest absolute Gasteiger partial charge is 0.233 e. The maximum atomic E-state index is 6.69. The van der Waals surface area contributed by atoms with Crippen molar-refractivity contribution in [1.82, 2.24) is 15.0 Å². The Labute approximate surface area is 105 Å². The normalized spacial score (nSPS) is 11.2. The minimum absolute atomic E-state index is 0.0705. The molecule has 0 radical (unpaired) electrons. The summed E-state index contributed by atoms with van der Waals surface area (Å²) in [4.78, 5) is 14.9. The van der Waals surface area contributed by atoms with Gasteiger partial charge in [-0.3, -0.25) is 0 Å². The predicted molar refractivity (Wildman–Crippen MR) is 69.1 cm³/mol. The lowest BCUT2D eigenvalue weighted by molar-refractivity contribution is 0.232. The van der Waals surface area contributed by atoms with Crippen LogP contribution in [0.4, 0.5) is 0 Å². The molecule has 0 saturated carbocycles. The lowest BCUT2D eigenvalue weighted by Crippen LogP contribution is -2.07. The van der Waals surface area contributed by atoms with E-state index in [2.05, 4.69) is 19.8 Å². The van der Waals surface area contributed by atoms with E-state index in [0.717, 1.165) is 16.7 Å². The van der Waals surface area contributed by atoms with Crippen LogP contribution in [0.25, 0.3) is 16.0 Å². The van der Waals surface area contributed by atoms with Crippen LogP contribution < -0.4 is 4.74 Å². The number of hydrogen-bond donors (Lipinski definition) is 1. The fourth-order valence-corrected chi connectivity index (χ4v) is 1.61. The molecule has 0 aromatic carbocycles. The summed E-state index contributed by atoms with van der Waals surface area (Å²) in [5.74, 6) is 0.521. The lowest BCUT2D eigenvalue weighted by atomic mass is 10.2. The van der Waals surface area contributed by atoms with Gasteiger partial charge in [0, 0.05) is 11.8 Å². The minimum Gasteiger partial charge on any atom is -0.474 e. The highest BCUT2D eigenvalue weighted by molar-refractivity contribution is 5.75. The molecular formula is C13H14N4O. The Morgan fingerprint density at radius 2 is 2.39 bits per heavy atom. The number of aromatic nitrogens is 3. The fraction of sp³-hybridized carbons (Fsp3) is 0.308. The summed E-state index contributed by atoms with van der Waals surface area (Å²) in [7, 11) is 0. The molecule has 0 aliphatic heterocycles. The molecular weight excluding hydrogens is 228 g/mol. The van der Waals surface area contributed by atoms with E-state index in [1.54, 1.807) is 12.3 Å². The minimum atomic E-state index is 0.0705. The van der Waals surface area contributed by atoms with Crippen molar-refractivity contribution >= 4 is 11.2 Å². The van der Waals surface area contributed by atoms with E-state index >= 15 is 0 Å². The van der Waals surface area contributed by atoms with Gasteiger partial charge in [-0.05, 0) is 20.3 Å². The van der Waals surface area contributed by atoms with E-state index in [0.29, 0.717) is 12.3 Å². The molecule has 5 nitrogen and oxygen atoms in total. The maximum absolute atomic E-state index is 6.69. The summed E-state index contributed by atoms with van der Waals surface area (Å²) in [6.07, 6.45) is 7.44. The molecule has 0 amide bonds. The molecule has 0 fully saturated rings. The van der Waals surface area contributed by atoms with Crippen molar-refractivity contribution in [2.45, 2.75) is 26.4 Å². The standard InChI is InChI=1S/C13H14N4O/c1-9(2)18-11-8-16-13-12(17-11)10(7-15-13)5-4-6-14-3/h4,6-9H,5H2,1-2H3,(H,15,16)/b6-4-. The topological polar surface area (TPSA) is 55.2 Å². The van der Waals surface area contributed by atoms with Crippen LogP contribution in [0.15, 0.2) is 24.7 Å². The highest BCUT2D eigenvalue weighted by Crippen LogP contribution is 2.18. The average Bonchev–Trinajstić information content (AvgIpc) is 2.72. The van der Waals surface area contributed by atoms with E-state index in [4.69, 9.17) is 11.3 Å². The van der Waals surface area contributed by atoms with Crippen molar-refractivity contribution in [2.75, 3.05) is 0 Å². The third-order valence-corrected chi connectivity index (χ3v) is 2.31. The van der Waals surface area contributed by atoms with Crippen LogP contribution in [-0.2, 0) is 6.42 Å². The first-order chi connectivity index (χ1) is 8.70. The van der Waals surface area contributed by atoms with Gasteiger partial charge < -0.3 is 9.72 Å². The molecule has 0 aliphatic rings. The van der Waals surface area contributed by atoms with Crippen molar-refractivity contribution in [3.63, 3.8) is 0 Å². The van der Waals surface area contributed by atoms with Crippen molar-refractivity contribution < 1.29 is 4.74 Å². The Kier molecular flexibility index (Phi) is 3.58. The van der Waals surface area contributed by atoms with Gasteiger partial charge in [-0.25, -0.2) is 14.8 Å². The third-order valence-electron chi connectivity index (χ3n) is 2.31. The quantitative estimate of drug-likeness (QED) is 0.839. The Balaban J connectivity index is 2.31. The predicted octanol–water partition coefficient (Wildman–Crippen LogP) is 2.72. The van der Waals surface area contributed by atoms with Gasteiger partial charge in [-0.1, -0.05) is 6.08 Å². The van der Waals surface area contributed by atoms with Gasteiger partial charge in [0.25, 0.3) is 0 Å². The van der Waals surface area contributed by atoms with E-state index in [9.17, 15) is 0 Å². The molecule has 2 aromatic rings. The number of fused-ring (bicyclic) bond motifs is 1. The van der Waals surface area contributed by atoms with E-state index in [1.807, 2.05) is 20.0 Å². The molecule has 0 atom stereocenters. The number of aromatic amines is 1. The Hall–Kier alpha value is -2.35. The molecule has 2 rings (SSSR count). The Morgan fingerprint density at radius 3 is 3.11 bits per heavy atom. The molecule has 0 unspecified atom stereocenters. The van der Waals surface area contributed by atoms with Crippen molar-refractivity contribution in [3.05, 3.63) is 41.7 Å². The first kappa shape index (κ1) is 12.1. The van der Waals surface area contributed by atoms with E-state index in [-0.39, 0.29) is 6.10 Å². The van der Waals surface area contributed by atoms with Crippen LogP contribution in [0.1, 0.15) is 19.4 Å². The largest absolute Gasteiger partial charge is 0.474 e. The zero-order chi connectivity index (χ0) is 13.0. The van der Waals surface area contributed by atoms with Crippen LogP contribution in [0, 0.1) is 6.57 Å². The average molecular weight is 242 g/mol. The second-order valence-electron chi connectivity index (χ2n) is 4.10. The summed E-state index contributed by atoms with van der Waals surface area (Å²) in [5.41, 5.74) is 2.53. The molecule has 2 aromatic heterocycles. The van der Waals surface area contributed by atoms with Crippen molar-refractivity contribution in [1.29, 1.82) is 0 Å². The first-order valence-corrected chi connectivity index (χ1v) is 5.72. The van der Waals surface area contributed by atoms with Gasteiger partial charge >= 0.3 is 0 Å². The Bertz CT molecular complexity index is 607. The maximum Gasteiger partial charge on any atom is 0.233 e. The van der Waals surface area contributed by atoms with Gasteiger partial charge in [0.15, 0.2) is 11.8 Å². The summed E-state index contributed by atoms with van der Waals surface area (Å²) < 4.78 is 5.52. The first-order valence-electron chi connectivity index (χ1n) is 5.72. The van der Waals surface area contributed by atoms with Crippen LogP contribution in [0.2, 0.25) is 0 Å². The summed E-state index contributed by atoms with van der Waals surface area (Å²) >= 11 is 0. The molecule has 2 heterocycles. The molecule has 0 aliphatic carbocycles. The van der Waals surface area contributed by atoms with Gasteiger partial charge in [-0.15, -0.1) is 0 Å². The number of nitrogens with zero attached hydrogens (tertiary/aromatic N) is 3. The highest BCUT2D eigenvalue weighted by Gasteiger charge is 2.07. The number of H-pyrrole nitrogens is 1. The monoisotopic (exact) mass is 242 g/mol. The number of hydrogen-bond acceptors (Lipinski definition) is 3. The summed E-state index contributed by atoms with van der Waals surface area (Å²) in [6.45, 7) is 10.6. The van der Waals surface area contributed by atoms with Gasteiger partial charge in [0.2, 0.25) is 5.88 Å². The highest BCUT2D eigenvalue weighted by atomic mass is 16.5. The number of allylic oxidation sites excluding steroid dienone is 1. The number of rotatable bonds is 4. The van der Waals surface area contributed by atoms with Crippen LogP contribution in [-0.4, -0.2) is 21.1 Å². The summed E-state index contributed by atoms with van der Waals surface area (Å²) in [5, 5.41) is 0. The van der Waals surface area contributed by atoms with Crippen LogP contribution >= 0.6 is 0 Å². The molecule has 0 bridgehead atoms. The van der Waals surface area contributed by atoms with E-state index < -0.39 is 0 Å². The lowest BCUT2D eigenvalue weighted by Gasteiger charge is -2.07. The van der Waals surface area contributed by atoms with Crippen LogP contribution in [0.3, 0.4) is 0 Å². The van der Waals surface area contributed by atoms with Crippen molar-refractivity contribution in [2.24, 2.45) is 0 Å². The zero-order valence-electron chi connectivity index (χ0n) is 10.3. The SMILES string of the molecule is [C-]#[N+]/C=C\Cc1c[nH]c2ncc(OC(C)C)nc12. The fourth-order valence-electron chi connectivity index (χ4n) is 1.61. The van der Waals surface area contributed by atoms with Crippen molar-refractivity contribution in [3.8, 4) is 5.88 Å². The number of ether oxygens (including phenoxy) is 1. The molecule has 1 N–H and O–H groups in total. The zero-order valence-corrected chi connectivity index (χ0v) is 10.3. The third kappa shape index (κ3) is 2.66. The molecule has 18 heavy (non-hydrogen) atoms.